The zero-order valence-electron chi connectivity index (χ0n) is 10.5. The van der Waals surface area contributed by atoms with Crippen molar-refractivity contribution in [1.82, 2.24) is 5.01 Å². The fourth-order valence-corrected chi connectivity index (χ4v) is 1.33. The standard InChI is InChI=1S/C11H24N2O4/c1-3-5-13(6-4-2)12-7-9(15)11(17)10(16)8-14/h7,9-11,14-17H,3-6,8H2,1-2H3/b12-7+/t9-,10-,11-/m0/s1. The zero-order chi connectivity index (χ0) is 13.3. The average molecular weight is 248 g/mol. The summed E-state index contributed by atoms with van der Waals surface area (Å²) in [4.78, 5) is 0. The first kappa shape index (κ1) is 16.3. The molecular weight excluding hydrogens is 224 g/mol. The minimum Gasteiger partial charge on any atom is -0.394 e. The van der Waals surface area contributed by atoms with Gasteiger partial charge in [0.05, 0.1) is 12.8 Å². The van der Waals surface area contributed by atoms with Gasteiger partial charge in [-0.3, -0.25) is 5.01 Å². The first-order chi connectivity index (χ1) is 8.06. The van der Waals surface area contributed by atoms with Crippen LogP contribution in [0.5, 0.6) is 0 Å². The molecule has 6 heteroatoms. The van der Waals surface area contributed by atoms with Crippen LogP contribution in [-0.2, 0) is 0 Å². The van der Waals surface area contributed by atoms with Gasteiger partial charge in [-0.2, -0.15) is 5.10 Å². The Kier molecular flexibility index (Phi) is 8.97. The van der Waals surface area contributed by atoms with E-state index in [1.807, 2.05) is 13.8 Å². The Hall–Kier alpha value is -0.690. The summed E-state index contributed by atoms with van der Waals surface area (Å²) in [7, 11) is 0. The molecule has 0 fully saturated rings. The fourth-order valence-electron chi connectivity index (χ4n) is 1.33. The van der Waals surface area contributed by atoms with Gasteiger partial charge in [0.1, 0.15) is 18.3 Å². The average Bonchev–Trinajstić information content (AvgIpc) is 2.34. The smallest absolute Gasteiger partial charge is 0.119 e. The van der Waals surface area contributed by atoms with E-state index in [1.54, 1.807) is 5.01 Å². The highest BCUT2D eigenvalue weighted by Crippen LogP contribution is 2.00. The van der Waals surface area contributed by atoms with E-state index in [2.05, 4.69) is 5.10 Å². The molecule has 0 saturated heterocycles. The van der Waals surface area contributed by atoms with E-state index in [0.717, 1.165) is 25.9 Å². The molecule has 0 aliphatic rings. The largest absolute Gasteiger partial charge is 0.394 e. The van der Waals surface area contributed by atoms with E-state index in [-0.39, 0.29) is 0 Å². The van der Waals surface area contributed by atoms with Crippen molar-refractivity contribution in [3.05, 3.63) is 0 Å². The monoisotopic (exact) mass is 248 g/mol. The highest BCUT2D eigenvalue weighted by molar-refractivity contribution is 5.63. The van der Waals surface area contributed by atoms with E-state index in [1.165, 1.54) is 6.21 Å². The van der Waals surface area contributed by atoms with Gasteiger partial charge >= 0.3 is 0 Å². The van der Waals surface area contributed by atoms with Crippen LogP contribution in [0.15, 0.2) is 5.10 Å². The van der Waals surface area contributed by atoms with Crippen LogP contribution < -0.4 is 0 Å². The van der Waals surface area contributed by atoms with Crippen LogP contribution >= 0.6 is 0 Å². The predicted molar refractivity (Wildman–Crippen MR) is 65.8 cm³/mol. The van der Waals surface area contributed by atoms with Gasteiger partial charge in [0.25, 0.3) is 0 Å². The summed E-state index contributed by atoms with van der Waals surface area (Å²) < 4.78 is 0. The maximum Gasteiger partial charge on any atom is 0.119 e. The summed E-state index contributed by atoms with van der Waals surface area (Å²) in [5, 5.41) is 42.5. The third-order valence-electron chi connectivity index (χ3n) is 2.28. The molecule has 0 saturated carbocycles. The maximum absolute atomic E-state index is 9.51. The van der Waals surface area contributed by atoms with Crippen LogP contribution in [0.3, 0.4) is 0 Å². The van der Waals surface area contributed by atoms with E-state index >= 15 is 0 Å². The molecule has 0 aliphatic carbocycles. The zero-order valence-corrected chi connectivity index (χ0v) is 10.5. The molecule has 6 nitrogen and oxygen atoms in total. The van der Waals surface area contributed by atoms with Gasteiger partial charge in [0, 0.05) is 13.1 Å². The van der Waals surface area contributed by atoms with Crippen molar-refractivity contribution in [3.8, 4) is 0 Å². The molecule has 0 aromatic heterocycles. The van der Waals surface area contributed by atoms with Crippen molar-refractivity contribution in [2.24, 2.45) is 5.10 Å². The van der Waals surface area contributed by atoms with Gasteiger partial charge in [-0.05, 0) is 12.8 Å². The lowest BCUT2D eigenvalue weighted by Crippen LogP contribution is -2.40. The number of nitrogens with zero attached hydrogens (tertiary/aromatic N) is 2. The number of hydrogen-bond donors (Lipinski definition) is 4. The summed E-state index contributed by atoms with van der Waals surface area (Å²) in [6, 6.07) is 0. The molecule has 3 atom stereocenters. The van der Waals surface area contributed by atoms with Crippen LogP contribution in [0.4, 0.5) is 0 Å². The summed E-state index contributed by atoms with van der Waals surface area (Å²) in [6.45, 7) is 5.00. The summed E-state index contributed by atoms with van der Waals surface area (Å²) in [6.07, 6.45) is -0.996. The minimum absolute atomic E-state index is 0.598. The van der Waals surface area contributed by atoms with Crippen LogP contribution in [0.1, 0.15) is 26.7 Å². The Morgan fingerprint density at radius 3 is 2.06 bits per heavy atom. The number of aliphatic hydroxyl groups is 4. The van der Waals surface area contributed by atoms with Crippen LogP contribution in [0.25, 0.3) is 0 Å². The van der Waals surface area contributed by atoms with Crippen molar-refractivity contribution in [2.75, 3.05) is 19.7 Å². The minimum atomic E-state index is -1.42. The number of rotatable bonds is 9. The molecule has 0 aromatic carbocycles. The second kappa shape index (κ2) is 9.35. The van der Waals surface area contributed by atoms with Gasteiger partial charge in [-0.15, -0.1) is 0 Å². The lowest BCUT2D eigenvalue weighted by atomic mass is 10.1. The van der Waals surface area contributed by atoms with E-state index < -0.39 is 24.9 Å². The molecule has 0 aromatic rings. The molecular formula is C11H24N2O4. The first-order valence-corrected chi connectivity index (χ1v) is 6.00. The number of hydrogen-bond acceptors (Lipinski definition) is 6. The van der Waals surface area contributed by atoms with Gasteiger partial charge in [0.2, 0.25) is 0 Å². The third kappa shape index (κ3) is 6.58. The summed E-state index contributed by atoms with van der Waals surface area (Å²) in [5.74, 6) is 0. The van der Waals surface area contributed by atoms with Gasteiger partial charge in [0.15, 0.2) is 0 Å². The van der Waals surface area contributed by atoms with Crippen molar-refractivity contribution in [2.45, 2.75) is 45.0 Å². The quantitative estimate of drug-likeness (QED) is 0.315. The van der Waals surface area contributed by atoms with Gasteiger partial charge in [-0.25, -0.2) is 0 Å². The number of hydrazone groups is 1. The molecule has 4 N–H and O–H groups in total. The number of aliphatic hydroxyl groups excluding tert-OH is 4. The topological polar surface area (TPSA) is 96.5 Å². The molecule has 0 radical (unpaired) electrons. The summed E-state index contributed by atoms with van der Waals surface area (Å²) in [5.41, 5.74) is 0. The molecule has 17 heavy (non-hydrogen) atoms. The van der Waals surface area contributed by atoms with Crippen molar-refractivity contribution >= 4 is 6.21 Å². The van der Waals surface area contributed by atoms with Gasteiger partial charge in [-0.1, -0.05) is 13.8 Å². The molecule has 0 spiro atoms. The molecule has 102 valence electrons. The SMILES string of the molecule is CCCN(CCC)/N=C/[C@H](O)[C@H](O)[C@@H](O)CO. The Morgan fingerprint density at radius 1 is 1.12 bits per heavy atom. The predicted octanol–water partition coefficient (Wildman–Crippen LogP) is -0.831. The van der Waals surface area contributed by atoms with Crippen molar-refractivity contribution in [1.29, 1.82) is 0 Å². The normalized spacial score (nSPS) is 17.1. The fraction of sp³-hybridized carbons (Fsp3) is 0.909. The lowest BCUT2D eigenvalue weighted by molar-refractivity contribution is -0.0544. The Bertz CT molecular complexity index is 208. The molecule has 0 bridgehead atoms. The Balaban J connectivity index is 4.26. The van der Waals surface area contributed by atoms with E-state index in [9.17, 15) is 10.2 Å². The van der Waals surface area contributed by atoms with Crippen LogP contribution in [-0.4, -0.2) is 69.7 Å². The highest BCUT2D eigenvalue weighted by Gasteiger charge is 2.22. The van der Waals surface area contributed by atoms with Crippen LogP contribution in [0, 0.1) is 0 Å². The molecule has 0 rings (SSSR count). The second-order valence-corrected chi connectivity index (χ2v) is 3.95. The second-order valence-electron chi connectivity index (χ2n) is 3.95. The van der Waals surface area contributed by atoms with Crippen molar-refractivity contribution in [3.63, 3.8) is 0 Å². The molecule has 0 aliphatic heterocycles. The maximum atomic E-state index is 9.51. The van der Waals surface area contributed by atoms with E-state index in [0.29, 0.717) is 0 Å². The molecule has 0 heterocycles. The van der Waals surface area contributed by atoms with E-state index in [4.69, 9.17) is 10.2 Å². The molecule has 0 unspecified atom stereocenters. The van der Waals surface area contributed by atoms with Gasteiger partial charge < -0.3 is 20.4 Å². The van der Waals surface area contributed by atoms with Crippen LogP contribution in [0.2, 0.25) is 0 Å². The third-order valence-corrected chi connectivity index (χ3v) is 2.28. The molecule has 0 amide bonds. The highest BCUT2D eigenvalue weighted by atomic mass is 16.4. The Labute approximate surface area is 102 Å². The van der Waals surface area contributed by atoms with Crippen molar-refractivity contribution < 1.29 is 20.4 Å². The lowest BCUT2D eigenvalue weighted by Gasteiger charge is -2.21. The first-order valence-electron chi connectivity index (χ1n) is 6.00. The Morgan fingerprint density at radius 2 is 1.65 bits per heavy atom. The summed E-state index contributed by atoms with van der Waals surface area (Å²) >= 11 is 0.